The van der Waals surface area contributed by atoms with Gasteiger partial charge < -0.3 is 18.9 Å². The third-order valence-corrected chi connectivity index (χ3v) is 17.4. The fourth-order valence-electron chi connectivity index (χ4n) is 10.7. The van der Waals surface area contributed by atoms with Crippen molar-refractivity contribution in [3.63, 3.8) is 0 Å². The lowest BCUT2D eigenvalue weighted by Gasteiger charge is -2.24. The first kappa shape index (κ1) is 85.9. The number of rotatable bonds is 69. The minimum Gasteiger partial charge on any atom is -0.462 e. The molecule has 0 heterocycles. The van der Waals surface area contributed by atoms with Crippen molar-refractivity contribution in [3.8, 4) is 0 Å². The van der Waals surface area contributed by atoms with Crippen LogP contribution >= 0.6 is 7.82 Å². The minimum absolute atomic E-state index is 0.0317. The molecule has 0 aromatic rings. The Morgan fingerprint density at radius 1 is 0.360 bits per heavy atom. The Morgan fingerprint density at radius 2 is 0.640 bits per heavy atom. The molecule has 516 valence electrons. The zero-order valence-electron chi connectivity index (χ0n) is 58.9. The highest BCUT2D eigenvalue weighted by atomic mass is 31.2. The van der Waals surface area contributed by atoms with Crippen LogP contribution in [0.3, 0.4) is 0 Å². The first-order chi connectivity index (χ1) is 43.5. The second kappa shape index (κ2) is 69.3. The number of phosphoric ester groups is 1. The van der Waals surface area contributed by atoms with Crippen molar-refractivity contribution >= 4 is 19.8 Å². The predicted molar refractivity (Wildman–Crippen MR) is 385 cm³/mol. The van der Waals surface area contributed by atoms with Crippen LogP contribution in [0.25, 0.3) is 0 Å². The van der Waals surface area contributed by atoms with Gasteiger partial charge in [-0.3, -0.25) is 18.6 Å². The lowest BCUT2D eigenvalue weighted by molar-refractivity contribution is -0.870. The molecular formula is C79H143NO8P+. The van der Waals surface area contributed by atoms with Gasteiger partial charge in [-0.05, 0) is 77.0 Å². The first-order valence-electron chi connectivity index (χ1n) is 37.5. The van der Waals surface area contributed by atoms with E-state index in [9.17, 15) is 19.0 Å². The second-order valence-electron chi connectivity index (χ2n) is 26.3. The molecular weight excluding hydrogens is 1120 g/mol. The van der Waals surface area contributed by atoms with Crippen molar-refractivity contribution in [1.29, 1.82) is 0 Å². The number of unbranched alkanes of at least 4 members (excludes halogenated alkanes) is 39. The number of allylic oxidation sites excluding steroid dienone is 16. The fraction of sp³-hybridized carbons (Fsp3) is 0.772. The second-order valence-corrected chi connectivity index (χ2v) is 27.8. The van der Waals surface area contributed by atoms with Crippen molar-refractivity contribution in [2.45, 2.75) is 347 Å². The average molecular weight is 1270 g/mol. The van der Waals surface area contributed by atoms with Gasteiger partial charge in [-0.2, -0.15) is 0 Å². The smallest absolute Gasteiger partial charge is 0.462 e. The molecule has 0 rings (SSSR count). The van der Waals surface area contributed by atoms with Crippen LogP contribution in [0.4, 0.5) is 0 Å². The number of hydrogen-bond acceptors (Lipinski definition) is 7. The van der Waals surface area contributed by atoms with Gasteiger partial charge in [-0.1, -0.05) is 349 Å². The number of phosphoric acid groups is 1. The fourth-order valence-corrected chi connectivity index (χ4v) is 11.4. The summed E-state index contributed by atoms with van der Waals surface area (Å²) >= 11 is 0. The monoisotopic (exact) mass is 1270 g/mol. The lowest BCUT2D eigenvalue weighted by atomic mass is 10.0. The summed E-state index contributed by atoms with van der Waals surface area (Å²) in [5.41, 5.74) is 0. The molecule has 0 spiro atoms. The van der Waals surface area contributed by atoms with Crippen LogP contribution in [-0.2, 0) is 32.7 Å². The third kappa shape index (κ3) is 73.9. The van der Waals surface area contributed by atoms with Crippen LogP contribution in [0.5, 0.6) is 0 Å². The van der Waals surface area contributed by atoms with E-state index in [0.717, 1.165) is 83.5 Å². The van der Waals surface area contributed by atoms with Gasteiger partial charge in [0.1, 0.15) is 19.8 Å². The van der Waals surface area contributed by atoms with Gasteiger partial charge in [0.15, 0.2) is 6.10 Å². The van der Waals surface area contributed by atoms with E-state index in [1.165, 1.54) is 225 Å². The lowest BCUT2D eigenvalue weighted by Crippen LogP contribution is -2.37. The zero-order chi connectivity index (χ0) is 64.8. The Balaban J connectivity index is 3.98. The highest BCUT2D eigenvalue weighted by Gasteiger charge is 2.27. The Hall–Kier alpha value is -3.07. The molecule has 2 atom stereocenters. The van der Waals surface area contributed by atoms with Crippen LogP contribution < -0.4 is 0 Å². The van der Waals surface area contributed by atoms with E-state index in [1.807, 2.05) is 21.1 Å². The quantitative estimate of drug-likeness (QED) is 0.0211. The molecule has 0 aliphatic rings. The molecule has 10 heteroatoms. The molecule has 0 saturated heterocycles. The maximum atomic E-state index is 12.9. The number of quaternary nitrogens is 1. The number of esters is 2. The van der Waals surface area contributed by atoms with Crippen molar-refractivity contribution in [2.24, 2.45) is 0 Å². The van der Waals surface area contributed by atoms with Crippen molar-refractivity contribution in [3.05, 3.63) is 97.2 Å². The Morgan fingerprint density at radius 3 is 0.955 bits per heavy atom. The van der Waals surface area contributed by atoms with Gasteiger partial charge >= 0.3 is 19.8 Å². The molecule has 0 bridgehead atoms. The summed E-state index contributed by atoms with van der Waals surface area (Å²) < 4.78 is 34.8. The third-order valence-electron chi connectivity index (χ3n) is 16.4. The summed E-state index contributed by atoms with van der Waals surface area (Å²) in [4.78, 5) is 35.9. The van der Waals surface area contributed by atoms with Crippen molar-refractivity contribution in [2.75, 3.05) is 47.5 Å². The van der Waals surface area contributed by atoms with E-state index in [4.69, 9.17) is 18.5 Å². The molecule has 2 unspecified atom stereocenters. The van der Waals surface area contributed by atoms with Crippen molar-refractivity contribution < 1.29 is 42.1 Å². The van der Waals surface area contributed by atoms with Crippen LogP contribution in [-0.4, -0.2) is 74.9 Å². The number of likely N-dealkylation sites (N-methyl/N-ethyl adjacent to an activating group) is 1. The van der Waals surface area contributed by atoms with Gasteiger partial charge in [-0.15, -0.1) is 0 Å². The van der Waals surface area contributed by atoms with E-state index in [-0.39, 0.29) is 25.6 Å². The van der Waals surface area contributed by atoms with Gasteiger partial charge in [0.2, 0.25) is 0 Å². The zero-order valence-corrected chi connectivity index (χ0v) is 59.8. The minimum atomic E-state index is -4.39. The molecule has 0 radical (unpaired) electrons. The van der Waals surface area contributed by atoms with Gasteiger partial charge in [0.05, 0.1) is 27.7 Å². The van der Waals surface area contributed by atoms with Crippen molar-refractivity contribution in [1.82, 2.24) is 0 Å². The Labute approximate surface area is 551 Å². The molecule has 0 saturated carbocycles. The molecule has 0 fully saturated rings. The standard InChI is InChI=1S/C79H142NO8P/c1-6-8-10-12-14-16-18-20-22-24-26-28-30-32-33-34-35-36-37-38-39-40-41-42-43-44-45-46-47-48-50-52-54-56-58-60-62-64-66-68-70-72-79(82)88-77(76-87-89(83,84)86-74-73-80(3,4)5)75-85-78(81)71-69-67-65-63-61-59-57-55-53-51-49-31-29-27-25-23-21-19-17-15-13-11-9-7-2/h8,10,14,16,20,22,26,28,32-33,35-36,38-39,41-42,77H,6-7,9,11-13,15,17-19,21,23-25,27,29-31,34,37,40,43-76H2,1-5H3/p+1/b10-8-,16-14-,22-20-,28-26-,33-32-,36-35-,39-38-,42-41-. The van der Waals surface area contributed by atoms with E-state index < -0.39 is 26.5 Å². The molecule has 89 heavy (non-hydrogen) atoms. The van der Waals surface area contributed by atoms with Gasteiger partial charge in [-0.25, -0.2) is 4.57 Å². The summed E-state index contributed by atoms with van der Waals surface area (Å²) in [5.74, 6) is -0.782. The summed E-state index contributed by atoms with van der Waals surface area (Å²) in [7, 11) is 1.49. The summed E-state index contributed by atoms with van der Waals surface area (Å²) in [5, 5.41) is 0. The van der Waals surface area contributed by atoms with Gasteiger partial charge in [0.25, 0.3) is 0 Å². The van der Waals surface area contributed by atoms with Crippen LogP contribution in [0.1, 0.15) is 341 Å². The number of carbonyl (C=O) groups is 2. The van der Waals surface area contributed by atoms with E-state index >= 15 is 0 Å². The molecule has 0 amide bonds. The average Bonchev–Trinajstić information content (AvgIpc) is 3.60. The number of hydrogen-bond donors (Lipinski definition) is 1. The normalized spacial score (nSPS) is 13.6. The van der Waals surface area contributed by atoms with E-state index in [2.05, 4.69) is 111 Å². The first-order valence-corrected chi connectivity index (χ1v) is 39.0. The molecule has 9 nitrogen and oxygen atoms in total. The largest absolute Gasteiger partial charge is 0.472 e. The highest BCUT2D eigenvalue weighted by molar-refractivity contribution is 7.47. The van der Waals surface area contributed by atoms with Gasteiger partial charge in [0, 0.05) is 12.8 Å². The van der Waals surface area contributed by atoms with Crippen LogP contribution in [0, 0.1) is 0 Å². The predicted octanol–water partition coefficient (Wildman–Crippen LogP) is 24.7. The molecule has 0 aromatic heterocycles. The van der Waals surface area contributed by atoms with Crippen LogP contribution in [0.2, 0.25) is 0 Å². The number of ether oxygens (including phenoxy) is 2. The van der Waals surface area contributed by atoms with E-state index in [0.29, 0.717) is 23.9 Å². The SMILES string of the molecule is CC/C=C\C/C=C\C/C=C\C/C=C\C/C=C\C/C=C\C/C=C\C/C=C\CCCCCCCCCCCCCCCCCCC(=O)OC(COC(=O)CCCCCCCCCCCCCCCCCCCCCCCCCC)COP(=O)(O)OCC[N+](C)(C)C. The maximum absolute atomic E-state index is 12.9. The van der Waals surface area contributed by atoms with E-state index in [1.54, 1.807) is 0 Å². The number of carbonyl (C=O) groups excluding carboxylic acids is 2. The topological polar surface area (TPSA) is 108 Å². The number of nitrogens with zero attached hydrogens (tertiary/aromatic N) is 1. The molecule has 0 aromatic carbocycles. The Bertz CT molecular complexity index is 1820. The van der Waals surface area contributed by atoms with Crippen LogP contribution in [0.15, 0.2) is 97.2 Å². The molecule has 0 aliphatic heterocycles. The Kier molecular flexibility index (Phi) is 66.9. The maximum Gasteiger partial charge on any atom is 0.472 e. The summed E-state index contributed by atoms with van der Waals surface area (Å²) in [6.07, 6.45) is 96.7. The summed E-state index contributed by atoms with van der Waals surface area (Å²) in [6, 6.07) is 0. The highest BCUT2D eigenvalue weighted by Crippen LogP contribution is 2.43. The molecule has 0 aliphatic carbocycles. The molecule has 1 N–H and O–H groups in total. The summed E-state index contributed by atoms with van der Waals surface area (Å²) in [6.45, 7) is 4.37.